The van der Waals surface area contributed by atoms with E-state index in [1.165, 1.54) is 0 Å². The van der Waals surface area contributed by atoms with Gasteiger partial charge in [0.25, 0.3) is 0 Å². The molecule has 0 bridgehead atoms. The van der Waals surface area contributed by atoms with Gasteiger partial charge < -0.3 is 4.79 Å². The van der Waals surface area contributed by atoms with Gasteiger partial charge in [0, 0.05) is 17.0 Å². The van der Waals surface area contributed by atoms with Crippen LogP contribution in [0.15, 0.2) is 18.2 Å². The summed E-state index contributed by atoms with van der Waals surface area (Å²) in [5, 5.41) is 0. The highest BCUT2D eigenvalue weighted by Gasteiger charge is 2.07. The largest absolute Gasteiger partial charge is 0.303 e. The Kier molecular flexibility index (Phi) is 3.29. The molecular weight excluding hydrogens is 180 g/mol. The first-order valence-electron chi connectivity index (χ1n) is 4.22. The third-order valence-electron chi connectivity index (χ3n) is 2.09. The van der Waals surface area contributed by atoms with Gasteiger partial charge in [0.05, 0.1) is 0 Å². The molecule has 1 rings (SSSR count). The molecular formula is C11H10O3. The molecule has 0 heterocycles. The molecule has 3 heteroatoms. The van der Waals surface area contributed by atoms with Crippen LogP contribution in [0.3, 0.4) is 0 Å². The van der Waals surface area contributed by atoms with E-state index in [0.29, 0.717) is 23.7 Å². The summed E-state index contributed by atoms with van der Waals surface area (Å²) in [6.45, 7) is 1.73. The van der Waals surface area contributed by atoms with E-state index in [2.05, 4.69) is 0 Å². The standard InChI is InChI=1S/C11H10O3/c1-8(5-12)9-2-3-10(6-13)11(4-9)7-14/h2-8H,1H3. The summed E-state index contributed by atoms with van der Waals surface area (Å²) in [4.78, 5) is 31.6. The molecule has 0 aliphatic heterocycles. The summed E-state index contributed by atoms with van der Waals surface area (Å²) in [5.41, 5.74) is 1.42. The molecule has 0 spiro atoms. The molecule has 0 amide bonds. The van der Waals surface area contributed by atoms with Gasteiger partial charge in [-0.25, -0.2) is 0 Å². The van der Waals surface area contributed by atoms with Crippen molar-refractivity contribution in [1.82, 2.24) is 0 Å². The van der Waals surface area contributed by atoms with Gasteiger partial charge in [-0.2, -0.15) is 0 Å². The molecule has 1 atom stereocenters. The second kappa shape index (κ2) is 4.46. The van der Waals surface area contributed by atoms with Crippen LogP contribution in [0, 0.1) is 0 Å². The van der Waals surface area contributed by atoms with E-state index in [0.717, 1.165) is 11.8 Å². The lowest BCUT2D eigenvalue weighted by Crippen LogP contribution is -1.98. The minimum Gasteiger partial charge on any atom is -0.303 e. The summed E-state index contributed by atoms with van der Waals surface area (Å²) < 4.78 is 0. The monoisotopic (exact) mass is 190 g/mol. The highest BCUT2D eigenvalue weighted by Crippen LogP contribution is 2.16. The molecule has 0 N–H and O–H groups in total. The smallest absolute Gasteiger partial charge is 0.150 e. The average molecular weight is 190 g/mol. The fourth-order valence-electron chi connectivity index (χ4n) is 1.16. The van der Waals surface area contributed by atoms with Crippen LogP contribution in [0.5, 0.6) is 0 Å². The van der Waals surface area contributed by atoms with Gasteiger partial charge in [0.2, 0.25) is 0 Å². The van der Waals surface area contributed by atoms with Crippen molar-refractivity contribution >= 4 is 18.9 Å². The van der Waals surface area contributed by atoms with E-state index in [9.17, 15) is 14.4 Å². The van der Waals surface area contributed by atoms with Crippen molar-refractivity contribution in [3.05, 3.63) is 34.9 Å². The number of rotatable bonds is 4. The maximum atomic E-state index is 10.6. The van der Waals surface area contributed by atoms with Crippen molar-refractivity contribution in [3.8, 4) is 0 Å². The zero-order valence-corrected chi connectivity index (χ0v) is 7.77. The summed E-state index contributed by atoms with van der Waals surface area (Å²) in [7, 11) is 0. The fourth-order valence-corrected chi connectivity index (χ4v) is 1.16. The van der Waals surface area contributed by atoms with Crippen molar-refractivity contribution < 1.29 is 14.4 Å². The minimum absolute atomic E-state index is 0.255. The molecule has 1 aromatic carbocycles. The van der Waals surface area contributed by atoms with Gasteiger partial charge >= 0.3 is 0 Å². The summed E-state index contributed by atoms with van der Waals surface area (Å²) in [6, 6.07) is 4.79. The van der Waals surface area contributed by atoms with Gasteiger partial charge in [-0.3, -0.25) is 9.59 Å². The predicted octanol–water partition coefficient (Wildman–Crippen LogP) is 1.61. The topological polar surface area (TPSA) is 51.2 Å². The Hall–Kier alpha value is -1.77. The fraction of sp³-hybridized carbons (Fsp3) is 0.182. The number of carbonyl (C=O) groups excluding carboxylic acids is 3. The van der Waals surface area contributed by atoms with Gasteiger partial charge in [-0.05, 0) is 11.6 Å². The molecule has 0 radical (unpaired) electrons. The number of aldehydes is 3. The van der Waals surface area contributed by atoms with E-state index in [1.54, 1.807) is 25.1 Å². The van der Waals surface area contributed by atoms with Gasteiger partial charge in [-0.1, -0.05) is 19.1 Å². The van der Waals surface area contributed by atoms with Crippen molar-refractivity contribution in [2.75, 3.05) is 0 Å². The zero-order chi connectivity index (χ0) is 10.6. The molecule has 3 nitrogen and oxygen atoms in total. The Labute approximate surface area is 81.7 Å². The molecule has 0 fully saturated rings. The average Bonchev–Trinajstić information content (AvgIpc) is 2.26. The molecule has 14 heavy (non-hydrogen) atoms. The van der Waals surface area contributed by atoms with Crippen molar-refractivity contribution in [2.24, 2.45) is 0 Å². The van der Waals surface area contributed by atoms with E-state index in [-0.39, 0.29) is 5.92 Å². The first-order chi connectivity index (χ1) is 6.72. The lowest BCUT2D eigenvalue weighted by molar-refractivity contribution is -0.108. The molecule has 0 saturated heterocycles. The number of benzene rings is 1. The SMILES string of the molecule is CC(C=O)c1ccc(C=O)c(C=O)c1. The van der Waals surface area contributed by atoms with Crippen molar-refractivity contribution in [1.29, 1.82) is 0 Å². The highest BCUT2D eigenvalue weighted by molar-refractivity contribution is 5.90. The van der Waals surface area contributed by atoms with Crippen LogP contribution in [0.25, 0.3) is 0 Å². The summed E-state index contributed by atoms with van der Waals surface area (Å²) in [5.74, 6) is -0.255. The maximum absolute atomic E-state index is 10.6. The van der Waals surface area contributed by atoms with Crippen LogP contribution in [-0.4, -0.2) is 18.9 Å². The maximum Gasteiger partial charge on any atom is 0.150 e. The number of carbonyl (C=O) groups is 3. The molecule has 0 aromatic heterocycles. The van der Waals surface area contributed by atoms with Crippen LogP contribution >= 0.6 is 0 Å². The van der Waals surface area contributed by atoms with Crippen LogP contribution in [-0.2, 0) is 4.79 Å². The number of hydrogen-bond donors (Lipinski definition) is 0. The third-order valence-corrected chi connectivity index (χ3v) is 2.09. The summed E-state index contributed by atoms with van der Waals surface area (Å²) >= 11 is 0. The Bertz CT molecular complexity index is 369. The van der Waals surface area contributed by atoms with Gasteiger partial charge in [0.1, 0.15) is 6.29 Å². The Morgan fingerprint density at radius 2 is 1.71 bits per heavy atom. The van der Waals surface area contributed by atoms with E-state index in [4.69, 9.17) is 0 Å². The Balaban J connectivity index is 3.19. The number of hydrogen-bond acceptors (Lipinski definition) is 3. The van der Waals surface area contributed by atoms with Crippen LogP contribution in [0.1, 0.15) is 39.1 Å². The highest BCUT2D eigenvalue weighted by atomic mass is 16.1. The second-order valence-corrected chi connectivity index (χ2v) is 3.05. The van der Waals surface area contributed by atoms with Gasteiger partial charge in [-0.15, -0.1) is 0 Å². The molecule has 1 aromatic rings. The van der Waals surface area contributed by atoms with E-state index >= 15 is 0 Å². The molecule has 0 aliphatic rings. The molecule has 72 valence electrons. The zero-order valence-electron chi connectivity index (χ0n) is 7.77. The quantitative estimate of drug-likeness (QED) is 0.678. The minimum atomic E-state index is -0.255. The molecule has 0 saturated carbocycles. The third kappa shape index (κ3) is 1.93. The first kappa shape index (κ1) is 10.3. The second-order valence-electron chi connectivity index (χ2n) is 3.05. The van der Waals surface area contributed by atoms with Gasteiger partial charge in [0.15, 0.2) is 12.6 Å². The van der Waals surface area contributed by atoms with Crippen LogP contribution in [0.2, 0.25) is 0 Å². The van der Waals surface area contributed by atoms with Crippen molar-refractivity contribution in [3.63, 3.8) is 0 Å². The predicted molar refractivity (Wildman–Crippen MR) is 51.7 cm³/mol. The van der Waals surface area contributed by atoms with E-state index < -0.39 is 0 Å². The lowest BCUT2D eigenvalue weighted by Gasteiger charge is -2.05. The normalized spacial score (nSPS) is 11.8. The molecule has 1 unspecified atom stereocenters. The first-order valence-corrected chi connectivity index (χ1v) is 4.22. The van der Waals surface area contributed by atoms with E-state index in [1.807, 2.05) is 0 Å². The molecule has 0 aliphatic carbocycles. The Morgan fingerprint density at radius 1 is 1.07 bits per heavy atom. The van der Waals surface area contributed by atoms with Crippen LogP contribution < -0.4 is 0 Å². The summed E-state index contributed by atoms with van der Waals surface area (Å²) in [6.07, 6.45) is 2.04. The Morgan fingerprint density at radius 3 is 2.21 bits per heavy atom. The lowest BCUT2D eigenvalue weighted by atomic mass is 9.98. The van der Waals surface area contributed by atoms with Crippen LogP contribution in [0.4, 0.5) is 0 Å². The van der Waals surface area contributed by atoms with Crippen molar-refractivity contribution in [2.45, 2.75) is 12.8 Å².